The number of nitrogens with zero attached hydrogens (tertiary/aromatic N) is 3. The Morgan fingerprint density at radius 2 is 1.85 bits per heavy atom. The Hall–Kier alpha value is -1.43. The number of ether oxygens (including phenoxy) is 3. The minimum atomic E-state index is -0.237. The number of guanidine groups is 1. The van der Waals surface area contributed by atoms with Crippen LogP contribution in [0.1, 0.15) is 37.8 Å². The molecular weight excluding hydrogens is 535 g/mol. The molecule has 2 saturated heterocycles. The van der Waals surface area contributed by atoms with E-state index in [0.717, 1.165) is 49.6 Å². The third-order valence-electron chi connectivity index (χ3n) is 5.68. The van der Waals surface area contributed by atoms with Crippen molar-refractivity contribution in [3.63, 3.8) is 0 Å². The van der Waals surface area contributed by atoms with Crippen LogP contribution in [0.2, 0.25) is 0 Å². The van der Waals surface area contributed by atoms with E-state index in [1.54, 1.807) is 0 Å². The second-order valence-corrected chi connectivity index (χ2v) is 8.05. The van der Waals surface area contributed by atoms with Crippen molar-refractivity contribution in [3.8, 4) is 0 Å². The first-order valence-corrected chi connectivity index (χ1v) is 11.9. The monoisotopic (exact) mass is 574 g/mol. The van der Waals surface area contributed by atoms with E-state index in [9.17, 15) is 4.79 Å². The van der Waals surface area contributed by atoms with Gasteiger partial charge in [-0.1, -0.05) is 24.3 Å². The first-order chi connectivity index (χ1) is 15.7. The molecule has 0 spiro atoms. The smallest absolute Gasteiger partial charge is 0.251 e. The van der Waals surface area contributed by atoms with Gasteiger partial charge in [0.1, 0.15) is 6.10 Å². The van der Waals surface area contributed by atoms with Gasteiger partial charge >= 0.3 is 0 Å². The first kappa shape index (κ1) is 27.8. The van der Waals surface area contributed by atoms with E-state index in [2.05, 4.69) is 41.4 Å². The Balaban J connectivity index is 0.00000385. The normalized spacial score (nSPS) is 18.8. The Morgan fingerprint density at radius 3 is 2.55 bits per heavy atom. The number of halogens is 1. The molecule has 0 radical (unpaired) electrons. The molecule has 1 N–H and O–H groups in total. The average Bonchev–Trinajstić information content (AvgIpc) is 3.37. The fourth-order valence-corrected chi connectivity index (χ4v) is 3.98. The highest BCUT2D eigenvalue weighted by atomic mass is 127. The van der Waals surface area contributed by atoms with E-state index in [1.807, 2.05) is 11.8 Å². The number of nitrogens with one attached hydrogen (secondary N) is 1. The molecule has 1 aromatic rings. The van der Waals surface area contributed by atoms with E-state index in [0.29, 0.717) is 52.7 Å². The zero-order valence-corrected chi connectivity index (χ0v) is 22.3. The highest BCUT2D eigenvalue weighted by Crippen LogP contribution is 2.16. The number of amides is 1. The second-order valence-electron chi connectivity index (χ2n) is 8.05. The van der Waals surface area contributed by atoms with Crippen molar-refractivity contribution >= 4 is 35.8 Å². The van der Waals surface area contributed by atoms with Crippen molar-refractivity contribution in [3.05, 3.63) is 35.4 Å². The summed E-state index contributed by atoms with van der Waals surface area (Å²) in [6.07, 6.45) is 1.59. The molecule has 9 heteroatoms. The molecule has 1 amide bonds. The van der Waals surface area contributed by atoms with Gasteiger partial charge in [-0.2, -0.15) is 0 Å². The van der Waals surface area contributed by atoms with Crippen LogP contribution in [0.5, 0.6) is 0 Å². The van der Waals surface area contributed by atoms with Crippen LogP contribution in [0.3, 0.4) is 0 Å². The molecule has 8 nitrogen and oxygen atoms in total. The number of carbonyl (C=O) groups excluding carboxylic acids is 1. The number of hydrogen-bond acceptors (Lipinski definition) is 5. The summed E-state index contributed by atoms with van der Waals surface area (Å²) in [7, 11) is 0. The molecule has 33 heavy (non-hydrogen) atoms. The molecule has 0 aromatic heterocycles. The lowest BCUT2D eigenvalue weighted by atomic mass is 10.1. The molecule has 0 bridgehead atoms. The van der Waals surface area contributed by atoms with Crippen LogP contribution in [-0.4, -0.2) is 86.9 Å². The fraction of sp³-hybridized carbons (Fsp3) is 0.667. The lowest BCUT2D eigenvalue weighted by Crippen LogP contribution is -2.55. The summed E-state index contributed by atoms with van der Waals surface area (Å²) in [5.41, 5.74) is 2.29. The maximum atomic E-state index is 12.6. The third-order valence-corrected chi connectivity index (χ3v) is 5.68. The molecular formula is C24H39IN4O4. The summed E-state index contributed by atoms with van der Waals surface area (Å²) in [6.45, 7) is 11.6. The average molecular weight is 575 g/mol. The van der Waals surface area contributed by atoms with Crippen molar-refractivity contribution in [2.24, 2.45) is 4.99 Å². The van der Waals surface area contributed by atoms with Crippen LogP contribution in [-0.2, 0) is 32.2 Å². The van der Waals surface area contributed by atoms with Gasteiger partial charge in [0.15, 0.2) is 5.96 Å². The molecule has 2 aliphatic rings. The SMILES string of the molecule is CCNC(=NCc1cccc(COCCOCC)c1)N1CCN(C(=O)C2CCCO2)CC1.I. The summed E-state index contributed by atoms with van der Waals surface area (Å²) in [4.78, 5) is 21.6. The van der Waals surface area contributed by atoms with Gasteiger partial charge in [0.25, 0.3) is 5.91 Å². The molecule has 0 saturated carbocycles. The Labute approximate surface area is 215 Å². The van der Waals surface area contributed by atoms with Crippen LogP contribution in [0.4, 0.5) is 0 Å². The summed E-state index contributed by atoms with van der Waals surface area (Å²) in [6, 6.07) is 8.36. The standard InChI is InChI=1S/C24H38N4O4.HI/c1-3-25-24(28-12-10-27(11-13-28)23(29)22-9-6-14-32-22)26-18-20-7-5-8-21(17-20)19-31-16-15-30-4-2;/h5,7-8,17,22H,3-4,6,9-16,18-19H2,1-2H3,(H,25,26);1H. The third kappa shape index (κ3) is 9.03. The minimum absolute atomic E-state index is 0. The predicted octanol–water partition coefficient (Wildman–Crippen LogP) is 2.65. The minimum Gasteiger partial charge on any atom is -0.379 e. The van der Waals surface area contributed by atoms with Crippen molar-refractivity contribution in [1.29, 1.82) is 0 Å². The number of piperazine rings is 1. The quantitative estimate of drug-likeness (QED) is 0.201. The van der Waals surface area contributed by atoms with Crippen molar-refractivity contribution in [1.82, 2.24) is 15.1 Å². The van der Waals surface area contributed by atoms with E-state index in [1.165, 1.54) is 0 Å². The van der Waals surface area contributed by atoms with Crippen molar-refractivity contribution < 1.29 is 19.0 Å². The fourth-order valence-electron chi connectivity index (χ4n) is 3.98. The summed E-state index contributed by atoms with van der Waals surface area (Å²) < 4.78 is 16.5. The number of benzene rings is 1. The van der Waals surface area contributed by atoms with E-state index in [4.69, 9.17) is 19.2 Å². The lowest BCUT2D eigenvalue weighted by molar-refractivity contribution is -0.142. The lowest BCUT2D eigenvalue weighted by Gasteiger charge is -2.37. The van der Waals surface area contributed by atoms with Gasteiger partial charge in [0.2, 0.25) is 0 Å². The maximum Gasteiger partial charge on any atom is 0.251 e. The summed E-state index contributed by atoms with van der Waals surface area (Å²) >= 11 is 0. The van der Waals surface area contributed by atoms with Crippen molar-refractivity contribution in [2.45, 2.75) is 45.9 Å². The number of rotatable bonds is 10. The molecule has 2 heterocycles. The summed E-state index contributed by atoms with van der Waals surface area (Å²) in [5.74, 6) is 1.04. The zero-order chi connectivity index (χ0) is 22.6. The molecule has 3 rings (SSSR count). The molecule has 2 aliphatic heterocycles. The van der Waals surface area contributed by atoms with Gasteiger partial charge < -0.3 is 29.3 Å². The largest absolute Gasteiger partial charge is 0.379 e. The molecule has 1 unspecified atom stereocenters. The molecule has 1 atom stereocenters. The van der Waals surface area contributed by atoms with E-state index < -0.39 is 0 Å². The topological polar surface area (TPSA) is 75.6 Å². The van der Waals surface area contributed by atoms with Gasteiger partial charge in [-0.05, 0) is 37.8 Å². The van der Waals surface area contributed by atoms with Gasteiger partial charge in [-0.15, -0.1) is 24.0 Å². The van der Waals surface area contributed by atoms with Gasteiger partial charge in [0.05, 0.1) is 26.4 Å². The molecule has 0 aliphatic carbocycles. The van der Waals surface area contributed by atoms with Crippen LogP contribution in [0.15, 0.2) is 29.3 Å². The van der Waals surface area contributed by atoms with E-state index >= 15 is 0 Å². The number of carbonyl (C=O) groups is 1. The van der Waals surface area contributed by atoms with Gasteiger partial charge in [0, 0.05) is 45.9 Å². The van der Waals surface area contributed by atoms with Gasteiger partial charge in [-0.25, -0.2) is 4.99 Å². The Bertz CT molecular complexity index is 735. The van der Waals surface area contributed by atoms with Crippen LogP contribution in [0.25, 0.3) is 0 Å². The number of aliphatic imine (C=N–C) groups is 1. The van der Waals surface area contributed by atoms with Crippen LogP contribution >= 0.6 is 24.0 Å². The van der Waals surface area contributed by atoms with Crippen molar-refractivity contribution in [2.75, 3.05) is 59.2 Å². The number of hydrogen-bond donors (Lipinski definition) is 1. The highest BCUT2D eigenvalue weighted by molar-refractivity contribution is 14.0. The first-order valence-electron chi connectivity index (χ1n) is 11.9. The molecule has 186 valence electrons. The van der Waals surface area contributed by atoms with Crippen LogP contribution in [0, 0.1) is 0 Å². The summed E-state index contributed by atoms with van der Waals surface area (Å²) in [5, 5.41) is 3.40. The Morgan fingerprint density at radius 1 is 1.12 bits per heavy atom. The van der Waals surface area contributed by atoms with Gasteiger partial charge in [-0.3, -0.25) is 4.79 Å². The maximum absolute atomic E-state index is 12.6. The zero-order valence-electron chi connectivity index (χ0n) is 20.0. The predicted molar refractivity (Wildman–Crippen MR) is 140 cm³/mol. The molecule has 1 aromatic carbocycles. The molecule has 2 fully saturated rings. The van der Waals surface area contributed by atoms with Crippen LogP contribution < -0.4 is 5.32 Å². The van der Waals surface area contributed by atoms with E-state index in [-0.39, 0.29) is 36.0 Å². The Kier molecular flexibility index (Phi) is 13.0. The second kappa shape index (κ2) is 15.5. The highest BCUT2D eigenvalue weighted by Gasteiger charge is 2.30.